The fourth-order valence-corrected chi connectivity index (χ4v) is 1.88. The van der Waals surface area contributed by atoms with Crippen molar-refractivity contribution in [2.24, 2.45) is 0 Å². The minimum absolute atomic E-state index is 0. The Morgan fingerprint density at radius 1 is 1.20 bits per heavy atom. The van der Waals surface area contributed by atoms with Crippen LogP contribution in [0.15, 0.2) is 36.7 Å². The highest BCUT2D eigenvalue weighted by molar-refractivity contribution is 14.1. The summed E-state index contributed by atoms with van der Waals surface area (Å²) in [6.07, 6.45) is 4.24. The molecule has 0 spiro atoms. The minimum atomic E-state index is 0. The molecule has 2 rings (SSSR count). The Morgan fingerprint density at radius 2 is 1.87 bits per heavy atom. The Bertz CT molecular complexity index is 337. The van der Waals surface area contributed by atoms with E-state index in [1.54, 1.807) is 0 Å². The molecule has 1 aromatic carbocycles. The zero-order valence-electron chi connectivity index (χ0n) is 8.56. The molecule has 2 nitrogen and oxygen atoms in total. The summed E-state index contributed by atoms with van der Waals surface area (Å²) in [5.41, 5.74) is 1.37. The normalized spacial score (nSPS) is 14.3. The Labute approximate surface area is 110 Å². The molecule has 0 N–H and O–H groups in total. The van der Waals surface area contributed by atoms with Crippen molar-refractivity contribution in [1.29, 1.82) is 0 Å². The van der Waals surface area contributed by atoms with Gasteiger partial charge in [-0.05, 0) is 40.3 Å². The summed E-state index contributed by atoms with van der Waals surface area (Å²) < 4.78 is 1.29. The van der Waals surface area contributed by atoms with E-state index in [9.17, 15) is 0 Å². The molecular weight excluding hydrogens is 322 g/mol. The van der Waals surface area contributed by atoms with E-state index in [4.69, 9.17) is 0 Å². The van der Waals surface area contributed by atoms with Gasteiger partial charge in [0.1, 0.15) is 0 Å². The fraction of sp³-hybridized carbons (Fsp3) is 0.273. The molecule has 0 saturated heterocycles. The smallest absolute Gasteiger partial charge is 0.0894 e. The number of rotatable bonds is 2. The third-order valence-corrected chi connectivity index (χ3v) is 2.95. The van der Waals surface area contributed by atoms with Crippen molar-refractivity contribution in [3.63, 3.8) is 0 Å². The molecule has 0 unspecified atom stereocenters. The van der Waals surface area contributed by atoms with Crippen LogP contribution >= 0.6 is 35.0 Å². The van der Waals surface area contributed by atoms with E-state index < -0.39 is 0 Å². The average Bonchev–Trinajstić information content (AvgIpc) is 2.56. The van der Waals surface area contributed by atoms with Crippen molar-refractivity contribution < 1.29 is 0 Å². The Balaban J connectivity index is 0.00000112. The van der Waals surface area contributed by atoms with E-state index >= 15 is 0 Å². The van der Waals surface area contributed by atoms with Gasteiger partial charge in [0.25, 0.3) is 0 Å². The predicted molar refractivity (Wildman–Crippen MR) is 73.7 cm³/mol. The van der Waals surface area contributed by atoms with Gasteiger partial charge in [0.2, 0.25) is 0 Å². The first-order valence-electron chi connectivity index (χ1n) is 4.61. The maximum Gasteiger partial charge on any atom is 0.0894 e. The fourth-order valence-electron chi connectivity index (χ4n) is 1.52. The summed E-state index contributed by atoms with van der Waals surface area (Å²) >= 11 is 2.33. The summed E-state index contributed by atoms with van der Waals surface area (Å²) in [6, 6.07) is 8.68. The average molecular weight is 337 g/mol. The maximum atomic E-state index is 2.33. The lowest BCUT2D eigenvalue weighted by atomic mass is 10.2. The summed E-state index contributed by atoms with van der Waals surface area (Å²) in [6.45, 7) is 1.99. The van der Waals surface area contributed by atoms with E-state index in [0.29, 0.717) is 0 Å². The molecular formula is C11H14ClIN2. The SMILES string of the molecule is CN1C=CN(Cc2ccc(I)cc2)C1.Cl. The van der Waals surface area contributed by atoms with Crippen LogP contribution in [0.1, 0.15) is 5.56 Å². The second-order valence-electron chi connectivity index (χ2n) is 3.57. The van der Waals surface area contributed by atoms with Gasteiger partial charge in [-0.1, -0.05) is 12.1 Å². The highest BCUT2D eigenvalue weighted by Crippen LogP contribution is 2.12. The lowest BCUT2D eigenvalue weighted by molar-refractivity contribution is 0.291. The van der Waals surface area contributed by atoms with Crippen molar-refractivity contribution in [1.82, 2.24) is 9.80 Å². The molecule has 0 radical (unpaired) electrons. The predicted octanol–water partition coefficient (Wildman–Crippen LogP) is 2.89. The van der Waals surface area contributed by atoms with E-state index in [-0.39, 0.29) is 12.4 Å². The molecule has 1 aliphatic heterocycles. The van der Waals surface area contributed by atoms with Crippen molar-refractivity contribution in [2.45, 2.75) is 6.54 Å². The molecule has 0 atom stereocenters. The number of hydrogen-bond acceptors (Lipinski definition) is 2. The molecule has 1 aromatic rings. The molecule has 0 aromatic heterocycles. The third kappa shape index (κ3) is 3.57. The second-order valence-corrected chi connectivity index (χ2v) is 4.82. The van der Waals surface area contributed by atoms with Crippen LogP contribution in [0.2, 0.25) is 0 Å². The quantitative estimate of drug-likeness (QED) is 0.766. The number of hydrogen-bond donors (Lipinski definition) is 0. The second kappa shape index (κ2) is 5.61. The molecule has 1 aliphatic rings. The van der Waals surface area contributed by atoms with Crippen molar-refractivity contribution >= 4 is 35.0 Å². The molecule has 0 saturated carbocycles. The summed E-state index contributed by atoms with van der Waals surface area (Å²) in [5.74, 6) is 0. The van der Waals surface area contributed by atoms with Gasteiger partial charge >= 0.3 is 0 Å². The zero-order valence-corrected chi connectivity index (χ0v) is 11.5. The highest BCUT2D eigenvalue weighted by atomic mass is 127. The van der Waals surface area contributed by atoms with Gasteiger partial charge < -0.3 is 9.80 Å². The van der Waals surface area contributed by atoms with Crippen LogP contribution in [-0.2, 0) is 6.54 Å². The number of nitrogens with zero attached hydrogens (tertiary/aromatic N) is 2. The molecule has 4 heteroatoms. The molecule has 0 fully saturated rings. The minimum Gasteiger partial charge on any atom is -0.362 e. The summed E-state index contributed by atoms with van der Waals surface area (Å²) in [7, 11) is 2.09. The largest absolute Gasteiger partial charge is 0.362 e. The van der Waals surface area contributed by atoms with Gasteiger partial charge in [-0.15, -0.1) is 12.4 Å². The van der Waals surface area contributed by atoms with Gasteiger partial charge in [-0.3, -0.25) is 0 Å². The first kappa shape index (κ1) is 12.6. The molecule has 82 valence electrons. The third-order valence-electron chi connectivity index (χ3n) is 2.24. The van der Waals surface area contributed by atoms with Crippen molar-refractivity contribution in [2.75, 3.05) is 13.7 Å². The summed E-state index contributed by atoms with van der Waals surface area (Å²) in [4.78, 5) is 4.47. The van der Waals surface area contributed by atoms with Gasteiger partial charge in [0, 0.05) is 29.6 Å². The number of benzene rings is 1. The maximum absolute atomic E-state index is 2.33. The van der Waals surface area contributed by atoms with Crippen LogP contribution in [0.25, 0.3) is 0 Å². The van der Waals surface area contributed by atoms with Crippen LogP contribution in [0.3, 0.4) is 0 Å². The lowest BCUT2D eigenvalue weighted by Gasteiger charge is -2.17. The topological polar surface area (TPSA) is 6.48 Å². The van der Waals surface area contributed by atoms with Gasteiger partial charge in [-0.2, -0.15) is 0 Å². The van der Waals surface area contributed by atoms with E-state index in [0.717, 1.165) is 13.2 Å². The zero-order chi connectivity index (χ0) is 9.97. The van der Waals surface area contributed by atoms with Gasteiger partial charge in [0.15, 0.2) is 0 Å². The van der Waals surface area contributed by atoms with Crippen molar-refractivity contribution in [3.8, 4) is 0 Å². The van der Waals surface area contributed by atoms with Crippen LogP contribution < -0.4 is 0 Å². The molecule has 1 heterocycles. The molecule has 15 heavy (non-hydrogen) atoms. The summed E-state index contributed by atoms with van der Waals surface area (Å²) in [5, 5.41) is 0. The molecule has 0 aliphatic carbocycles. The first-order chi connectivity index (χ1) is 6.74. The highest BCUT2D eigenvalue weighted by Gasteiger charge is 2.07. The van der Waals surface area contributed by atoms with E-state index in [1.807, 2.05) is 0 Å². The standard InChI is InChI=1S/C11H13IN2.ClH/c1-13-6-7-14(9-13)8-10-2-4-11(12)5-3-10;/h2-7H,8-9H2,1H3;1H. The van der Waals surface area contributed by atoms with Crippen LogP contribution in [0.4, 0.5) is 0 Å². The number of halogens is 2. The van der Waals surface area contributed by atoms with Crippen molar-refractivity contribution in [3.05, 3.63) is 45.8 Å². The van der Waals surface area contributed by atoms with Crippen LogP contribution in [0.5, 0.6) is 0 Å². The van der Waals surface area contributed by atoms with Crippen LogP contribution in [0, 0.1) is 3.57 Å². The molecule has 0 amide bonds. The van der Waals surface area contributed by atoms with E-state index in [1.165, 1.54) is 9.13 Å². The van der Waals surface area contributed by atoms with E-state index in [2.05, 4.69) is 76.1 Å². The molecule has 0 bridgehead atoms. The lowest BCUT2D eigenvalue weighted by Crippen LogP contribution is -2.21. The Kier molecular flexibility index (Phi) is 4.73. The van der Waals surface area contributed by atoms with Gasteiger partial charge in [-0.25, -0.2) is 0 Å². The Hall–Kier alpha value is -0.420. The first-order valence-corrected chi connectivity index (χ1v) is 5.69. The van der Waals surface area contributed by atoms with Crippen LogP contribution in [-0.4, -0.2) is 23.5 Å². The van der Waals surface area contributed by atoms with Gasteiger partial charge in [0.05, 0.1) is 6.67 Å². The monoisotopic (exact) mass is 336 g/mol. The Morgan fingerprint density at radius 3 is 2.40 bits per heavy atom.